The van der Waals surface area contributed by atoms with Gasteiger partial charge in [-0.05, 0) is 11.8 Å². The number of ether oxygens (including phenoxy) is 1. The predicted molar refractivity (Wildman–Crippen MR) is 55.8 cm³/mol. The Balaban J connectivity index is 2.40. The van der Waals surface area contributed by atoms with Gasteiger partial charge in [0, 0.05) is 19.5 Å². The van der Waals surface area contributed by atoms with Gasteiger partial charge in [0.05, 0.1) is 13.2 Å². The third-order valence-corrected chi connectivity index (χ3v) is 2.67. The number of amides is 1. The largest absolute Gasteiger partial charge is 0.378 e. The van der Waals surface area contributed by atoms with Crippen molar-refractivity contribution in [2.45, 2.75) is 26.7 Å². The minimum atomic E-state index is 0.0232. The van der Waals surface area contributed by atoms with Crippen LogP contribution < -0.4 is 0 Å². The lowest BCUT2D eigenvalue weighted by atomic mass is 9.86. The summed E-state index contributed by atoms with van der Waals surface area (Å²) in [5.74, 6) is 0.238. The van der Waals surface area contributed by atoms with Crippen molar-refractivity contribution in [3.8, 4) is 0 Å². The zero-order chi connectivity index (χ0) is 10.6. The van der Waals surface area contributed by atoms with Crippen molar-refractivity contribution in [2.75, 3.05) is 26.3 Å². The lowest BCUT2D eigenvalue weighted by molar-refractivity contribution is -0.137. The van der Waals surface area contributed by atoms with Crippen LogP contribution in [0.15, 0.2) is 0 Å². The van der Waals surface area contributed by atoms with Crippen LogP contribution in [0.2, 0.25) is 0 Å². The number of hydrogen-bond acceptors (Lipinski definition) is 2. The molecule has 1 aliphatic heterocycles. The topological polar surface area (TPSA) is 29.5 Å². The molecule has 1 amide bonds. The molecule has 81 valence electrons. The molecular weight excluding hydrogens is 178 g/mol. The van der Waals surface area contributed by atoms with E-state index in [9.17, 15) is 4.79 Å². The highest BCUT2D eigenvalue weighted by Gasteiger charge is 2.24. The van der Waals surface area contributed by atoms with Crippen molar-refractivity contribution in [3.63, 3.8) is 0 Å². The number of hydrogen-bond donors (Lipinski definition) is 0. The summed E-state index contributed by atoms with van der Waals surface area (Å²) in [6, 6.07) is 0. The van der Waals surface area contributed by atoms with E-state index in [0.717, 1.165) is 19.5 Å². The monoisotopic (exact) mass is 198 g/mol. The first-order valence-electron chi connectivity index (χ1n) is 5.20. The highest BCUT2D eigenvalue weighted by Crippen LogP contribution is 2.25. The van der Waals surface area contributed by atoms with Gasteiger partial charge >= 0.3 is 0 Å². The molecule has 0 aromatic heterocycles. The number of carbonyl (C=O) groups is 1. The Bertz CT molecular complexity index is 195. The Hall–Kier alpha value is -0.570. The molecule has 3 heteroatoms. The summed E-state index contributed by atoms with van der Waals surface area (Å²) in [7, 11) is 0. The van der Waals surface area contributed by atoms with Crippen molar-refractivity contribution < 1.29 is 9.53 Å². The van der Waals surface area contributed by atoms with E-state index >= 15 is 0 Å². The summed E-state index contributed by atoms with van der Waals surface area (Å²) in [5.41, 5.74) is 0.0232. The third-order valence-electron chi connectivity index (χ3n) is 2.67. The molecule has 3 nitrogen and oxygen atoms in total. The maximum absolute atomic E-state index is 11.8. The smallest absolute Gasteiger partial charge is 0.223 e. The molecule has 1 rings (SSSR count). The average Bonchev–Trinajstić information content (AvgIpc) is 2.19. The molecule has 1 saturated heterocycles. The average molecular weight is 198 g/mol. The summed E-state index contributed by atoms with van der Waals surface area (Å²) in [6.45, 7) is 10.9. The van der Waals surface area contributed by atoms with Crippen molar-refractivity contribution >= 4 is 5.91 Å². The van der Waals surface area contributed by atoms with E-state index in [1.807, 2.05) is 4.90 Å². The number of morpholine rings is 1. The molecule has 1 aliphatic rings. The molecule has 0 saturated carbocycles. The van der Waals surface area contributed by atoms with Crippen LogP contribution in [0, 0.1) is 12.3 Å². The van der Waals surface area contributed by atoms with Crippen LogP contribution >= 0.6 is 0 Å². The van der Waals surface area contributed by atoms with Gasteiger partial charge in [-0.3, -0.25) is 4.79 Å². The van der Waals surface area contributed by atoms with Gasteiger partial charge in [-0.1, -0.05) is 20.8 Å². The van der Waals surface area contributed by atoms with Gasteiger partial charge < -0.3 is 9.64 Å². The van der Waals surface area contributed by atoms with E-state index in [2.05, 4.69) is 20.8 Å². The first-order chi connectivity index (χ1) is 6.55. The van der Waals surface area contributed by atoms with Crippen molar-refractivity contribution in [1.29, 1.82) is 0 Å². The number of rotatable bonds is 3. The van der Waals surface area contributed by atoms with Crippen LogP contribution in [-0.2, 0) is 9.53 Å². The molecule has 0 aliphatic carbocycles. The highest BCUT2D eigenvalue weighted by molar-refractivity contribution is 5.76. The second kappa shape index (κ2) is 4.78. The fraction of sp³-hybridized carbons (Fsp3) is 0.818. The molecule has 0 aromatic rings. The fourth-order valence-corrected chi connectivity index (χ4v) is 1.42. The molecule has 1 fully saturated rings. The van der Waals surface area contributed by atoms with E-state index in [4.69, 9.17) is 4.74 Å². The molecule has 0 aromatic carbocycles. The quantitative estimate of drug-likeness (QED) is 0.687. The van der Waals surface area contributed by atoms with Gasteiger partial charge in [-0.2, -0.15) is 0 Å². The van der Waals surface area contributed by atoms with Crippen molar-refractivity contribution in [2.24, 2.45) is 5.41 Å². The first kappa shape index (κ1) is 11.5. The second-order valence-corrected chi connectivity index (χ2v) is 4.58. The maximum Gasteiger partial charge on any atom is 0.223 e. The van der Waals surface area contributed by atoms with Gasteiger partial charge in [-0.25, -0.2) is 0 Å². The summed E-state index contributed by atoms with van der Waals surface area (Å²) in [4.78, 5) is 13.7. The SMILES string of the molecule is [CH2]CC(C)(C)CC(=O)N1CCOCC1. The van der Waals surface area contributed by atoms with Gasteiger partial charge in [0.25, 0.3) is 0 Å². The Morgan fingerprint density at radius 1 is 1.43 bits per heavy atom. The Kier molecular flexibility index (Phi) is 3.93. The van der Waals surface area contributed by atoms with Gasteiger partial charge in [0.15, 0.2) is 0 Å². The third kappa shape index (κ3) is 3.29. The minimum Gasteiger partial charge on any atom is -0.378 e. The zero-order valence-corrected chi connectivity index (χ0v) is 9.21. The Morgan fingerprint density at radius 3 is 2.50 bits per heavy atom. The normalized spacial score (nSPS) is 18.4. The zero-order valence-electron chi connectivity index (χ0n) is 9.21. The lowest BCUT2D eigenvalue weighted by Gasteiger charge is -2.30. The van der Waals surface area contributed by atoms with Crippen LogP contribution in [0.25, 0.3) is 0 Å². The van der Waals surface area contributed by atoms with E-state index < -0.39 is 0 Å². The number of nitrogens with zero attached hydrogens (tertiary/aromatic N) is 1. The molecule has 0 atom stereocenters. The molecule has 1 heterocycles. The molecule has 0 bridgehead atoms. The van der Waals surface area contributed by atoms with Crippen molar-refractivity contribution in [1.82, 2.24) is 4.90 Å². The summed E-state index contributed by atoms with van der Waals surface area (Å²) in [6.07, 6.45) is 1.39. The summed E-state index contributed by atoms with van der Waals surface area (Å²) < 4.78 is 5.20. The van der Waals surface area contributed by atoms with E-state index in [1.165, 1.54) is 0 Å². The second-order valence-electron chi connectivity index (χ2n) is 4.58. The highest BCUT2D eigenvalue weighted by atomic mass is 16.5. The first-order valence-corrected chi connectivity index (χ1v) is 5.20. The van der Waals surface area contributed by atoms with Crippen LogP contribution in [0.5, 0.6) is 0 Å². The maximum atomic E-state index is 11.8. The Morgan fingerprint density at radius 2 is 2.00 bits per heavy atom. The van der Waals surface area contributed by atoms with Crippen LogP contribution in [0.3, 0.4) is 0 Å². The summed E-state index contributed by atoms with van der Waals surface area (Å²) >= 11 is 0. The van der Waals surface area contributed by atoms with Gasteiger partial charge in [-0.15, -0.1) is 0 Å². The van der Waals surface area contributed by atoms with E-state index in [1.54, 1.807) is 0 Å². The van der Waals surface area contributed by atoms with Crippen LogP contribution in [0.1, 0.15) is 26.7 Å². The van der Waals surface area contributed by atoms with Crippen molar-refractivity contribution in [3.05, 3.63) is 6.92 Å². The molecule has 0 N–H and O–H groups in total. The number of carbonyl (C=O) groups excluding carboxylic acids is 1. The Labute approximate surface area is 86.4 Å². The lowest BCUT2D eigenvalue weighted by Crippen LogP contribution is -2.42. The van der Waals surface area contributed by atoms with Crippen LogP contribution in [-0.4, -0.2) is 37.1 Å². The van der Waals surface area contributed by atoms with Crippen LogP contribution in [0.4, 0.5) is 0 Å². The van der Waals surface area contributed by atoms with Gasteiger partial charge in [0.1, 0.15) is 0 Å². The molecular formula is C11H20NO2. The fourth-order valence-electron chi connectivity index (χ4n) is 1.42. The van der Waals surface area contributed by atoms with E-state index in [-0.39, 0.29) is 11.3 Å². The predicted octanol–water partition coefficient (Wildman–Crippen LogP) is 1.49. The molecule has 0 spiro atoms. The van der Waals surface area contributed by atoms with Gasteiger partial charge in [0.2, 0.25) is 5.91 Å². The standard InChI is InChI=1S/C11H20NO2/c1-4-11(2,3)9-10(13)12-5-7-14-8-6-12/h1,4-9H2,2-3H3. The summed E-state index contributed by atoms with van der Waals surface area (Å²) in [5, 5.41) is 0. The molecule has 14 heavy (non-hydrogen) atoms. The van der Waals surface area contributed by atoms with E-state index in [0.29, 0.717) is 19.6 Å². The molecule has 1 radical (unpaired) electrons. The molecule has 0 unspecified atom stereocenters. The minimum absolute atomic E-state index is 0.0232.